The maximum atomic E-state index is 8.92. The van der Waals surface area contributed by atoms with Gasteiger partial charge in [0.1, 0.15) is 0 Å². The fraction of sp³-hybridized carbons (Fsp3) is 0.636. The first-order valence-electron chi connectivity index (χ1n) is 5.19. The molecule has 0 aliphatic heterocycles. The summed E-state index contributed by atoms with van der Waals surface area (Å²) >= 11 is 0. The van der Waals surface area contributed by atoms with Crippen LogP contribution in [0.5, 0.6) is 0 Å². The average molecular weight is 196 g/mol. The van der Waals surface area contributed by atoms with Crippen LogP contribution in [0.3, 0.4) is 0 Å². The summed E-state index contributed by atoms with van der Waals surface area (Å²) in [6, 6.07) is 2.19. The van der Waals surface area contributed by atoms with Crippen molar-refractivity contribution in [3.05, 3.63) is 24.0 Å². The molecule has 0 aromatic carbocycles. The Balaban J connectivity index is 2.59. The van der Waals surface area contributed by atoms with Crippen molar-refractivity contribution < 1.29 is 5.11 Å². The Hall–Kier alpha value is -0.800. The predicted molar refractivity (Wildman–Crippen MR) is 57.9 cm³/mol. The summed E-state index contributed by atoms with van der Waals surface area (Å²) in [5.74, 6) is 0.299. The number of nitrogens with zero attached hydrogens (tertiary/aromatic N) is 1. The number of hydrogen-bond donors (Lipinski definition) is 2. The monoisotopic (exact) mass is 196 g/mol. The Morgan fingerprint density at radius 3 is 2.86 bits per heavy atom. The molecule has 0 aliphatic rings. The number of rotatable bonds is 5. The van der Waals surface area contributed by atoms with E-state index < -0.39 is 0 Å². The minimum absolute atomic E-state index is 0.140. The van der Waals surface area contributed by atoms with Gasteiger partial charge in [0.2, 0.25) is 0 Å². The lowest BCUT2D eigenvalue weighted by molar-refractivity contribution is 0.223. The van der Waals surface area contributed by atoms with E-state index in [-0.39, 0.29) is 12.6 Å². The van der Waals surface area contributed by atoms with Crippen molar-refractivity contribution in [3.8, 4) is 0 Å². The van der Waals surface area contributed by atoms with E-state index in [1.807, 2.05) is 13.1 Å². The SMILES string of the molecule is CCC(N)c1ccn(CC(C)CO)c1. The molecule has 1 aromatic heterocycles. The van der Waals surface area contributed by atoms with Gasteiger partial charge in [0.15, 0.2) is 0 Å². The highest BCUT2D eigenvalue weighted by atomic mass is 16.3. The molecule has 1 rings (SSSR count). The highest BCUT2D eigenvalue weighted by Gasteiger charge is 2.06. The maximum Gasteiger partial charge on any atom is 0.0473 e. The zero-order valence-electron chi connectivity index (χ0n) is 8.98. The van der Waals surface area contributed by atoms with Crippen molar-refractivity contribution in [1.82, 2.24) is 4.57 Å². The van der Waals surface area contributed by atoms with Crippen LogP contribution in [0.4, 0.5) is 0 Å². The molecule has 2 atom stereocenters. The average Bonchev–Trinajstić information content (AvgIpc) is 2.65. The topological polar surface area (TPSA) is 51.2 Å². The molecule has 0 radical (unpaired) electrons. The second-order valence-electron chi connectivity index (χ2n) is 3.94. The molecule has 0 fully saturated rings. The summed E-state index contributed by atoms with van der Waals surface area (Å²) in [7, 11) is 0. The summed E-state index contributed by atoms with van der Waals surface area (Å²) in [5, 5.41) is 8.92. The van der Waals surface area contributed by atoms with E-state index in [0.717, 1.165) is 13.0 Å². The minimum atomic E-state index is 0.140. The second-order valence-corrected chi connectivity index (χ2v) is 3.94. The number of nitrogens with two attached hydrogens (primary N) is 1. The normalized spacial score (nSPS) is 15.4. The highest BCUT2D eigenvalue weighted by Crippen LogP contribution is 2.14. The predicted octanol–water partition coefficient (Wildman–Crippen LogP) is 1.53. The van der Waals surface area contributed by atoms with Gasteiger partial charge < -0.3 is 15.4 Å². The molecule has 0 aliphatic carbocycles. The molecule has 0 amide bonds. The van der Waals surface area contributed by atoms with Crippen LogP contribution in [0.2, 0.25) is 0 Å². The lowest BCUT2D eigenvalue weighted by atomic mass is 10.1. The highest BCUT2D eigenvalue weighted by molar-refractivity contribution is 5.14. The van der Waals surface area contributed by atoms with E-state index in [9.17, 15) is 0 Å². The van der Waals surface area contributed by atoms with Gasteiger partial charge >= 0.3 is 0 Å². The third-order valence-corrected chi connectivity index (χ3v) is 2.48. The largest absolute Gasteiger partial charge is 0.396 e. The summed E-state index contributed by atoms with van der Waals surface area (Å²) in [4.78, 5) is 0. The van der Waals surface area contributed by atoms with Gasteiger partial charge in [-0.1, -0.05) is 13.8 Å². The van der Waals surface area contributed by atoms with Crippen molar-refractivity contribution in [3.63, 3.8) is 0 Å². The molecule has 3 nitrogen and oxygen atoms in total. The molecule has 3 N–H and O–H groups in total. The first-order chi connectivity index (χ1) is 6.67. The van der Waals surface area contributed by atoms with Crippen LogP contribution in [0, 0.1) is 5.92 Å². The van der Waals surface area contributed by atoms with Crippen LogP contribution in [-0.2, 0) is 6.54 Å². The van der Waals surface area contributed by atoms with Gasteiger partial charge in [-0.15, -0.1) is 0 Å². The Bertz CT molecular complexity index is 270. The summed E-state index contributed by atoms with van der Waals surface area (Å²) in [6.45, 7) is 5.19. The minimum Gasteiger partial charge on any atom is -0.396 e. The van der Waals surface area contributed by atoms with Gasteiger partial charge in [0.05, 0.1) is 0 Å². The standard InChI is InChI=1S/C11H20N2O/c1-3-11(12)10-4-5-13(7-10)6-9(2)8-14/h4-5,7,9,11,14H,3,6,8,12H2,1-2H3. The first kappa shape index (κ1) is 11.3. The molecular weight excluding hydrogens is 176 g/mol. The fourth-order valence-corrected chi connectivity index (χ4v) is 1.45. The number of aliphatic hydroxyl groups excluding tert-OH is 1. The molecule has 0 spiro atoms. The van der Waals surface area contributed by atoms with E-state index in [0.29, 0.717) is 5.92 Å². The molecule has 0 saturated carbocycles. The molecule has 80 valence electrons. The van der Waals surface area contributed by atoms with E-state index in [1.54, 1.807) is 0 Å². The first-order valence-corrected chi connectivity index (χ1v) is 5.19. The van der Waals surface area contributed by atoms with Gasteiger partial charge in [0.25, 0.3) is 0 Å². The molecule has 1 heterocycles. The van der Waals surface area contributed by atoms with E-state index in [4.69, 9.17) is 10.8 Å². The Labute approximate surface area is 85.5 Å². The van der Waals surface area contributed by atoms with Gasteiger partial charge in [-0.05, 0) is 24.0 Å². The lowest BCUT2D eigenvalue weighted by Crippen LogP contribution is -2.10. The second kappa shape index (κ2) is 5.17. The van der Waals surface area contributed by atoms with Gasteiger partial charge in [-0.2, -0.15) is 0 Å². The number of aliphatic hydroxyl groups is 1. The smallest absolute Gasteiger partial charge is 0.0473 e. The zero-order chi connectivity index (χ0) is 10.6. The van der Waals surface area contributed by atoms with Crippen LogP contribution in [0.25, 0.3) is 0 Å². The quantitative estimate of drug-likeness (QED) is 0.750. The molecule has 0 saturated heterocycles. The summed E-state index contributed by atoms with van der Waals surface area (Å²) in [6.07, 6.45) is 5.05. The Morgan fingerprint density at radius 1 is 1.57 bits per heavy atom. The van der Waals surface area contributed by atoms with Gasteiger partial charge in [0, 0.05) is 31.6 Å². The van der Waals surface area contributed by atoms with Gasteiger partial charge in [-0.25, -0.2) is 0 Å². The molecule has 14 heavy (non-hydrogen) atoms. The molecule has 1 aromatic rings. The van der Waals surface area contributed by atoms with Crippen LogP contribution in [0.1, 0.15) is 31.9 Å². The Morgan fingerprint density at radius 2 is 2.29 bits per heavy atom. The zero-order valence-corrected chi connectivity index (χ0v) is 8.98. The lowest BCUT2D eigenvalue weighted by Gasteiger charge is -2.09. The van der Waals surface area contributed by atoms with Crippen molar-refractivity contribution in [2.45, 2.75) is 32.9 Å². The van der Waals surface area contributed by atoms with E-state index in [1.165, 1.54) is 5.56 Å². The van der Waals surface area contributed by atoms with Crippen molar-refractivity contribution in [1.29, 1.82) is 0 Å². The summed E-state index contributed by atoms with van der Waals surface area (Å²) < 4.78 is 2.09. The van der Waals surface area contributed by atoms with E-state index >= 15 is 0 Å². The van der Waals surface area contributed by atoms with Crippen molar-refractivity contribution >= 4 is 0 Å². The summed E-state index contributed by atoms with van der Waals surface area (Å²) in [5.41, 5.74) is 7.09. The molecule has 0 bridgehead atoms. The van der Waals surface area contributed by atoms with E-state index in [2.05, 4.69) is 23.8 Å². The fourth-order valence-electron chi connectivity index (χ4n) is 1.45. The van der Waals surface area contributed by atoms with Crippen LogP contribution >= 0.6 is 0 Å². The third-order valence-electron chi connectivity index (χ3n) is 2.48. The molecule has 2 unspecified atom stereocenters. The number of aromatic nitrogens is 1. The van der Waals surface area contributed by atoms with Crippen LogP contribution in [0.15, 0.2) is 18.5 Å². The molecular formula is C11H20N2O. The van der Waals surface area contributed by atoms with Crippen molar-refractivity contribution in [2.75, 3.05) is 6.61 Å². The number of hydrogen-bond acceptors (Lipinski definition) is 2. The Kier molecular flexibility index (Phi) is 4.17. The van der Waals surface area contributed by atoms with Crippen LogP contribution in [-0.4, -0.2) is 16.3 Å². The maximum absolute atomic E-state index is 8.92. The van der Waals surface area contributed by atoms with Crippen LogP contribution < -0.4 is 5.73 Å². The van der Waals surface area contributed by atoms with Crippen molar-refractivity contribution in [2.24, 2.45) is 11.7 Å². The third kappa shape index (κ3) is 2.86. The van der Waals surface area contributed by atoms with Gasteiger partial charge in [-0.3, -0.25) is 0 Å². The molecule has 3 heteroatoms.